The van der Waals surface area contributed by atoms with Gasteiger partial charge in [0, 0.05) is 97.4 Å². The van der Waals surface area contributed by atoms with Crippen LogP contribution in [0.5, 0.6) is 23.0 Å². The highest BCUT2D eigenvalue weighted by molar-refractivity contribution is 9.10. The molecular formula is C91H101BrF5N11O18. The van der Waals surface area contributed by atoms with Gasteiger partial charge in [-0.3, -0.25) is 9.59 Å². The largest absolute Gasteiger partial charge is 0.490 e. The second kappa shape index (κ2) is 49.1. The second-order valence-corrected chi connectivity index (χ2v) is 29.7. The molecule has 670 valence electrons. The fourth-order valence-electron chi connectivity index (χ4n) is 12.5. The van der Waals surface area contributed by atoms with Crippen LogP contribution >= 0.6 is 15.9 Å². The molecule has 0 radical (unpaired) electrons. The number of carbonyl (C=O) groups excluding carboxylic acids is 6. The number of aliphatic hydroxyl groups excluding tert-OH is 5. The van der Waals surface area contributed by atoms with Crippen molar-refractivity contribution in [1.82, 2.24) is 39.3 Å². The van der Waals surface area contributed by atoms with Crippen LogP contribution in [-0.2, 0) is 53.1 Å². The summed E-state index contributed by atoms with van der Waals surface area (Å²) in [5.41, 5.74) is 14.4. The van der Waals surface area contributed by atoms with E-state index in [-0.39, 0.29) is 138 Å². The van der Waals surface area contributed by atoms with Crippen molar-refractivity contribution in [2.45, 2.75) is 157 Å². The number of aromatic nitrogens is 6. The molecule has 9 N–H and O–H groups in total. The normalized spacial score (nSPS) is 12.0. The third kappa shape index (κ3) is 28.1. The van der Waals surface area contributed by atoms with Crippen molar-refractivity contribution in [3.8, 4) is 68.9 Å². The summed E-state index contributed by atoms with van der Waals surface area (Å²) in [6.07, 6.45) is 7.88. The van der Waals surface area contributed by atoms with Crippen molar-refractivity contribution in [1.29, 1.82) is 10.5 Å². The first-order valence-electron chi connectivity index (χ1n) is 39.9. The Labute approximate surface area is 733 Å². The maximum absolute atomic E-state index is 13.5. The van der Waals surface area contributed by atoms with E-state index in [9.17, 15) is 76.6 Å². The predicted molar refractivity (Wildman–Crippen MR) is 458 cm³/mol. The van der Waals surface area contributed by atoms with Crippen LogP contribution in [-0.4, -0.2) is 179 Å². The molecule has 0 unspecified atom stereocenters. The highest BCUT2D eigenvalue weighted by Gasteiger charge is 2.31. The van der Waals surface area contributed by atoms with E-state index in [2.05, 4.69) is 58.4 Å². The van der Waals surface area contributed by atoms with Gasteiger partial charge in [-0.15, -0.1) is 0 Å². The van der Waals surface area contributed by atoms with Crippen LogP contribution in [0.3, 0.4) is 0 Å². The molecule has 4 heterocycles. The van der Waals surface area contributed by atoms with Gasteiger partial charge in [0.2, 0.25) is 52.3 Å². The molecule has 0 aliphatic carbocycles. The Balaban J connectivity index is 0.000000234. The molecule has 0 fully saturated rings. The number of hydrogen-bond acceptors (Lipinski definition) is 24. The number of nitriles is 2. The standard InChI is InChI=1S/C29H34N4O6.C27H28N4O5.C18H25N3O4.C16H10BrF5O3.CH4/c1-4-38-29(37)27-32-25(18-33(27)12-14-35)21-7-5-20(6-8-21)15-24(11-13-34)31-28(36)22-9-10-26(39-19(2)3)23(16-22)17-30;1-17(2)36-24-8-7-20(14-21(24)15-28)26(33)29-22(9-11-32)13-18-3-5-19(6-4-18)23-16-31-10-12-35-27(34)25(31)30-23;1-2-25-18(24)17-20-16(12-21(17)8-10-23)14-5-3-13(4-6-14)11-15(19)7-9-22;1-6(2)24-9-4-3-7(5-8(9)17)16(23)25-15-13(21)11(19)10(18)12(20)14(15)22;/h5-10,16,18-19,24,34-35H,4,11-15H2,1-3H3,(H,31,36);3-8,14,16-17,22,32H,9-13H2,1-2H3,(H,29,33);3-6,12,15,22-23H,2,7-11,19H2,1H3;3-6H,1-2H3;1H4/t24-;22-;15-;;/m111../s1. The lowest BCUT2D eigenvalue weighted by Crippen LogP contribution is -2.37. The molecule has 3 aromatic heterocycles. The average Bonchev–Trinajstić information content (AvgIpc) is 0.862. The minimum absolute atomic E-state index is 0. The Kier molecular flexibility index (Phi) is 39.1. The molecule has 1 aliphatic rings. The van der Waals surface area contributed by atoms with Gasteiger partial charge < -0.3 is 88.8 Å². The molecule has 10 aromatic rings. The summed E-state index contributed by atoms with van der Waals surface area (Å²) in [7, 11) is 0. The number of halogens is 6. The molecule has 126 heavy (non-hydrogen) atoms. The Morgan fingerprint density at radius 1 is 0.516 bits per heavy atom. The molecule has 2 amide bonds. The number of esters is 4. The van der Waals surface area contributed by atoms with Crippen LogP contribution in [0.15, 0.2) is 150 Å². The minimum atomic E-state index is -2.34. The fraction of sp³-hybridized carbons (Fsp3) is 0.352. The van der Waals surface area contributed by atoms with Crippen LogP contribution in [0.4, 0.5) is 22.0 Å². The molecule has 11 rings (SSSR count). The Morgan fingerprint density at radius 3 is 1.29 bits per heavy atom. The molecule has 0 saturated carbocycles. The highest BCUT2D eigenvalue weighted by Crippen LogP contribution is 2.33. The van der Waals surface area contributed by atoms with Crippen molar-refractivity contribution in [2.75, 3.05) is 52.9 Å². The maximum atomic E-state index is 13.5. The van der Waals surface area contributed by atoms with Crippen molar-refractivity contribution >= 4 is 51.6 Å². The average molecular weight is 1810 g/mol. The van der Waals surface area contributed by atoms with Crippen molar-refractivity contribution in [3.63, 3.8) is 0 Å². The zero-order chi connectivity index (χ0) is 91.1. The Morgan fingerprint density at radius 2 is 0.905 bits per heavy atom. The van der Waals surface area contributed by atoms with E-state index in [1.165, 1.54) is 30.3 Å². The van der Waals surface area contributed by atoms with E-state index in [1.54, 1.807) is 78.1 Å². The number of nitrogens with one attached hydrogen (secondary N) is 2. The molecule has 35 heteroatoms. The number of ether oxygens (including phenoxy) is 7. The number of amides is 2. The quantitative estimate of drug-likeness (QED) is 0.00457. The van der Waals surface area contributed by atoms with Crippen molar-refractivity contribution in [2.24, 2.45) is 5.73 Å². The summed E-state index contributed by atoms with van der Waals surface area (Å²) in [6, 6.07) is 39.7. The first-order chi connectivity index (χ1) is 59.9. The van der Waals surface area contributed by atoms with Crippen LogP contribution in [0.1, 0.15) is 173 Å². The molecule has 0 spiro atoms. The van der Waals surface area contributed by atoms with E-state index in [0.717, 1.165) is 33.4 Å². The van der Waals surface area contributed by atoms with Gasteiger partial charge in [-0.1, -0.05) is 80.2 Å². The highest BCUT2D eigenvalue weighted by atomic mass is 79.9. The summed E-state index contributed by atoms with van der Waals surface area (Å²) in [5.74, 6) is -14.5. The number of benzene rings is 7. The zero-order valence-electron chi connectivity index (χ0n) is 69.8. The van der Waals surface area contributed by atoms with Gasteiger partial charge in [-0.25, -0.2) is 47.3 Å². The Hall–Kier alpha value is -12.7. The fourth-order valence-corrected chi connectivity index (χ4v) is 13.0. The summed E-state index contributed by atoms with van der Waals surface area (Å²) in [6.45, 7) is 16.0. The SMILES string of the molecule is C.CC(C)Oc1ccc(C(=O)N[C@H](CCO)Cc2ccc(-c3cn4c(n3)C(=O)OCC4)cc2)cc1C#N.CC(C)Oc1ccc(C(=O)Oc2c(F)c(F)c(F)c(F)c2F)cc1Br.CCOC(=O)c1nc(-c2ccc(C[C@@H](CCO)NC(=O)c3ccc(OC(C)C)c(C#N)c3)cc2)cn1CCO.CCOC(=O)c1nc(-c2ccc(C[C@H](N)CCO)cc2)cn1CCO. The number of nitrogens with zero attached hydrogens (tertiary/aromatic N) is 8. The summed E-state index contributed by atoms with van der Waals surface area (Å²) in [5, 5.41) is 71.3. The lowest BCUT2D eigenvalue weighted by Gasteiger charge is -2.19. The predicted octanol–water partition coefficient (Wildman–Crippen LogP) is 13.0. The van der Waals surface area contributed by atoms with E-state index in [1.807, 2.05) is 107 Å². The first-order valence-corrected chi connectivity index (χ1v) is 40.7. The molecular weight excluding hydrogens is 1710 g/mol. The number of fused-ring (bicyclic) bond motifs is 1. The van der Waals surface area contributed by atoms with Gasteiger partial charge in [0.05, 0.1) is 89.5 Å². The topological polar surface area (TPSA) is 419 Å². The van der Waals surface area contributed by atoms with E-state index in [4.69, 9.17) is 44.4 Å². The molecule has 29 nitrogen and oxygen atoms in total. The lowest BCUT2D eigenvalue weighted by atomic mass is 10.0. The minimum Gasteiger partial charge on any atom is -0.490 e. The van der Waals surface area contributed by atoms with Crippen molar-refractivity contribution in [3.05, 3.63) is 242 Å². The molecule has 7 aromatic carbocycles. The number of cyclic esters (lactones) is 1. The molecule has 3 atom stereocenters. The van der Waals surface area contributed by atoms with E-state index in [0.29, 0.717) is 113 Å². The van der Waals surface area contributed by atoms with Gasteiger partial charge in [-0.05, 0) is 181 Å². The maximum Gasteiger partial charge on any atom is 0.374 e. The monoisotopic (exact) mass is 1810 g/mol. The molecule has 1 aliphatic heterocycles. The van der Waals surface area contributed by atoms with Crippen molar-refractivity contribution < 1.29 is 109 Å². The number of carbonyl (C=O) groups is 6. The first kappa shape index (κ1) is 100. The number of hydrogen-bond donors (Lipinski definition) is 8. The third-order valence-electron chi connectivity index (χ3n) is 18.4. The van der Waals surface area contributed by atoms with Crippen LogP contribution in [0.2, 0.25) is 0 Å². The van der Waals surface area contributed by atoms with Gasteiger partial charge in [0.1, 0.15) is 36.0 Å². The van der Waals surface area contributed by atoms with Gasteiger partial charge in [0.25, 0.3) is 11.8 Å². The van der Waals surface area contributed by atoms with E-state index < -0.39 is 58.7 Å². The van der Waals surface area contributed by atoms with Gasteiger partial charge in [-0.2, -0.15) is 19.3 Å². The summed E-state index contributed by atoms with van der Waals surface area (Å²) < 4.78 is 108. The number of rotatable bonds is 35. The number of aliphatic hydroxyl groups is 5. The second-order valence-electron chi connectivity index (χ2n) is 28.9. The molecule has 0 saturated heterocycles. The third-order valence-corrected chi connectivity index (χ3v) is 19.0. The number of nitrogens with two attached hydrogens (primary N) is 1. The summed E-state index contributed by atoms with van der Waals surface area (Å²) in [4.78, 5) is 87.1. The van der Waals surface area contributed by atoms with E-state index >= 15 is 0 Å². The Bertz CT molecular complexity index is 5410. The van der Waals surface area contributed by atoms with Crippen LogP contribution < -0.4 is 35.3 Å². The van der Waals surface area contributed by atoms with Gasteiger partial charge in [0.15, 0.2) is 0 Å². The van der Waals surface area contributed by atoms with Crippen LogP contribution in [0.25, 0.3) is 33.8 Å². The molecule has 0 bridgehead atoms. The van der Waals surface area contributed by atoms with Crippen LogP contribution in [0, 0.1) is 51.7 Å². The summed E-state index contributed by atoms with van der Waals surface area (Å²) >= 11 is 3.14. The van der Waals surface area contributed by atoms with Gasteiger partial charge >= 0.3 is 23.9 Å². The lowest BCUT2D eigenvalue weighted by molar-refractivity contribution is 0.0410. The zero-order valence-corrected chi connectivity index (χ0v) is 71.4. The smallest absolute Gasteiger partial charge is 0.374 e. The number of imidazole rings is 3.